The number of nitrogens with two attached hydrogens (primary N) is 1. The van der Waals surface area contributed by atoms with Gasteiger partial charge >= 0.3 is 0 Å². The normalized spacial score (nSPS) is 11.9. The van der Waals surface area contributed by atoms with Gasteiger partial charge in [-0.2, -0.15) is 0 Å². The van der Waals surface area contributed by atoms with Gasteiger partial charge < -0.3 is 11.1 Å². The van der Waals surface area contributed by atoms with Crippen molar-refractivity contribution in [2.75, 3.05) is 5.32 Å². The zero-order valence-corrected chi connectivity index (χ0v) is 13.9. The Hall–Kier alpha value is -1.43. The van der Waals surface area contributed by atoms with Crippen LogP contribution in [0, 0.1) is 0 Å². The average Bonchev–Trinajstić information content (AvgIpc) is 2.83. The molecule has 2 aromatic rings. The minimum atomic E-state index is -0.540. The molecule has 1 amide bonds. The number of nitrogens with one attached hydrogen (secondary N) is 1. The highest BCUT2D eigenvalue weighted by Gasteiger charge is 2.17. The van der Waals surface area contributed by atoms with Crippen LogP contribution in [-0.4, -0.2) is 16.9 Å². The van der Waals surface area contributed by atoms with E-state index in [1.165, 1.54) is 11.3 Å². The van der Waals surface area contributed by atoms with E-state index in [2.05, 4.69) is 24.1 Å². The highest BCUT2D eigenvalue weighted by molar-refractivity contribution is 7.16. The number of benzene rings is 1. The largest absolute Gasteiger partial charge is 0.320 e. The standard InChI is InChI=1S/C15H19N3OS.ClH/c1-9(2)13-12(11-7-5-4-6-8-11)17-15(20-13)18-14(19)10(3)16;/h4-10H,16H2,1-3H3,(H,17,18,19);1H/t10-;/m1./s1. The quantitative estimate of drug-likeness (QED) is 0.901. The Morgan fingerprint density at radius 2 is 1.86 bits per heavy atom. The number of hydrogen-bond donors (Lipinski definition) is 2. The number of carbonyl (C=O) groups is 1. The van der Waals surface area contributed by atoms with E-state index in [-0.39, 0.29) is 18.3 Å². The molecule has 0 aliphatic carbocycles. The number of amides is 1. The lowest BCUT2D eigenvalue weighted by Gasteiger charge is -2.04. The van der Waals surface area contributed by atoms with Crippen LogP contribution < -0.4 is 11.1 Å². The fourth-order valence-corrected chi connectivity index (χ4v) is 2.79. The monoisotopic (exact) mass is 325 g/mol. The molecular weight excluding hydrogens is 306 g/mol. The molecule has 21 heavy (non-hydrogen) atoms. The second kappa shape index (κ2) is 7.54. The summed E-state index contributed by atoms with van der Waals surface area (Å²) >= 11 is 1.51. The third kappa shape index (κ3) is 4.27. The van der Waals surface area contributed by atoms with E-state index in [1.54, 1.807) is 6.92 Å². The van der Waals surface area contributed by atoms with Crippen molar-refractivity contribution in [1.82, 2.24) is 4.98 Å². The summed E-state index contributed by atoms with van der Waals surface area (Å²) in [6.45, 7) is 5.90. The van der Waals surface area contributed by atoms with Gasteiger partial charge in [-0.3, -0.25) is 4.79 Å². The molecule has 6 heteroatoms. The third-order valence-corrected chi connectivity index (χ3v) is 4.14. The van der Waals surface area contributed by atoms with E-state index in [0.29, 0.717) is 11.0 Å². The van der Waals surface area contributed by atoms with Crippen molar-refractivity contribution in [1.29, 1.82) is 0 Å². The van der Waals surface area contributed by atoms with Crippen LogP contribution in [0.15, 0.2) is 30.3 Å². The maximum atomic E-state index is 11.7. The lowest BCUT2D eigenvalue weighted by Crippen LogP contribution is -2.32. The summed E-state index contributed by atoms with van der Waals surface area (Å²) in [5, 5.41) is 3.38. The van der Waals surface area contributed by atoms with Crippen LogP contribution in [0.2, 0.25) is 0 Å². The molecule has 1 aromatic heterocycles. The second-order valence-corrected chi connectivity index (χ2v) is 6.06. The number of nitrogens with zero attached hydrogens (tertiary/aromatic N) is 1. The molecule has 1 atom stereocenters. The fourth-order valence-electron chi connectivity index (χ4n) is 1.80. The summed E-state index contributed by atoms with van der Waals surface area (Å²) in [7, 11) is 0. The summed E-state index contributed by atoms with van der Waals surface area (Å²) < 4.78 is 0. The van der Waals surface area contributed by atoms with Gasteiger partial charge in [0.25, 0.3) is 0 Å². The maximum Gasteiger partial charge on any atom is 0.242 e. The number of halogens is 1. The van der Waals surface area contributed by atoms with E-state index < -0.39 is 6.04 Å². The van der Waals surface area contributed by atoms with Gasteiger partial charge in [-0.1, -0.05) is 44.2 Å². The lowest BCUT2D eigenvalue weighted by atomic mass is 10.1. The molecule has 0 spiro atoms. The topological polar surface area (TPSA) is 68.0 Å². The van der Waals surface area contributed by atoms with Crippen molar-refractivity contribution >= 4 is 34.8 Å². The summed E-state index contributed by atoms with van der Waals surface area (Å²) in [5.74, 6) is 0.136. The zero-order valence-electron chi connectivity index (χ0n) is 12.3. The van der Waals surface area contributed by atoms with Gasteiger partial charge in [-0.05, 0) is 12.8 Å². The first kappa shape index (κ1) is 17.6. The van der Waals surface area contributed by atoms with Crippen molar-refractivity contribution in [3.63, 3.8) is 0 Å². The predicted molar refractivity (Wildman–Crippen MR) is 91.2 cm³/mol. The number of thiazole rings is 1. The van der Waals surface area contributed by atoms with Gasteiger partial charge in [0.2, 0.25) is 5.91 Å². The molecule has 1 aromatic carbocycles. The lowest BCUT2D eigenvalue weighted by molar-refractivity contribution is -0.117. The van der Waals surface area contributed by atoms with Crippen molar-refractivity contribution in [2.24, 2.45) is 5.73 Å². The Kier molecular flexibility index (Phi) is 6.33. The number of rotatable bonds is 4. The van der Waals surface area contributed by atoms with E-state index in [4.69, 9.17) is 5.73 Å². The van der Waals surface area contributed by atoms with Crippen LogP contribution in [0.1, 0.15) is 31.6 Å². The van der Waals surface area contributed by atoms with E-state index >= 15 is 0 Å². The molecule has 3 N–H and O–H groups in total. The van der Waals surface area contributed by atoms with Crippen LogP contribution in [0.5, 0.6) is 0 Å². The fraction of sp³-hybridized carbons (Fsp3) is 0.333. The second-order valence-electron chi connectivity index (χ2n) is 5.03. The minimum Gasteiger partial charge on any atom is -0.320 e. The molecule has 0 unspecified atom stereocenters. The molecule has 0 aliphatic heterocycles. The minimum absolute atomic E-state index is 0. The molecular formula is C15H20ClN3OS. The van der Waals surface area contributed by atoms with Gasteiger partial charge in [0, 0.05) is 10.4 Å². The van der Waals surface area contributed by atoms with Crippen LogP contribution in [0.25, 0.3) is 11.3 Å². The van der Waals surface area contributed by atoms with Crippen molar-refractivity contribution < 1.29 is 4.79 Å². The summed E-state index contributed by atoms with van der Waals surface area (Å²) in [4.78, 5) is 17.4. The molecule has 2 rings (SSSR count). The van der Waals surface area contributed by atoms with Crippen LogP contribution in [0.3, 0.4) is 0 Å². The zero-order chi connectivity index (χ0) is 14.7. The number of hydrogen-bond acceptors (Lipinski definition) is 4. The summed E-state index contributed by atoms with van der Waals surface area (Å²) in [6.07, 6.45) is 0. The Bertz CT molecular complexity index is 596. The molecule has 4 nitrogen and oxygen atoms in total. The Balaban J connectivity index is 0.00000220. The average molecular weight is 326 g/mol. The molecule has 0 aliphatic rings. The first-order chi connectivity index (χ1) is 9.49. The Morgan fingerprint density at radius 3 is 2.38 bits per heavy atom. The predicted octanol–water partition coefficient (Wildman–Crippen LogP) is 3.64. The number of anilines is 1. The van der Waals surface area contributed by atoms with Gasteiger partial charge in [0.05, 0.1) is 11.7 Å². The molecule has 0 saturated heterocycles. The molecule has 0 bridgehead atoms. The van der Waals surface area contributed by atoms with Crippen LogP contribution >= 0.6 is 23.7 Å². The van der Waals surface area contributed by atoms with Crippen molar-refractivity contribution in [2.45, 2.75) is 32.7 Å². The van der Waals surface area contributed by atoms with E-state index in [1.807, 2.05) is 30.3 Å². The van der Waals surface area contributed by atoms with Crippen molar-refractivity contribution in [3.05, 3.63) is 35.2 Å². The van der Waals surface area contributed by atoms with Gasteiger partial charge in [-0.25, -0.2) is 4.98 Å². The highest BCUT2D eigenvalue weighted by Crippen LogP contribution is 2.36. The molecule has 114 valence electrons. The first-order valence-corrected chi connectivity index (χ1v) is 7.43. The van der Waals surface area contributed by atoms with Crippen LogP contribution in [0.4, 0.5) is 5.13 Å². The maximum absolute atomic E-state index is 11.7. The summed E-state index contributed by atoms with van der Waals surface area (Å²) in [5.41, 5.74) is 7.56. The Morgan fingerprint density at radius 1 is 1.24 bits per heavy atom. The third-order valence-electron chi connectivity index (χ3n) is 2.87. The molecule has 0 saturated carbocycles. The van der Waals surface area contributed by atoms with Gasteiger partial charge in [-0.15, -0.1) is 23.7 Å². The molecule has 1 heterocycles. The Labute approximate surface area is 135 Å². The van der Waals surface area contributed by atoms with Crippen LogP contribution in [-0.2, 0) is 4.79 Å². The smallest absolute Gasteiger partial charge is 0.242 e. The SMILES string of the molecule is CC(C)c1sc(NC(=O)[C@@H](C)N)nc1-c1ccccc1.Cl. The number of carbonyl (C=O) groups excluding carboxylic acids is 1. The first-order valence-electron chi connectivity index (χ1n) is 6.61. The summed E-state index contributed by atoms with van der Waals surface area (Å²) in [6, 6.07) is 9.46. The molecule has 0 radical (unpaired) electrons. The molecule has 0 fully saturated rings. The van der Waals surface area contributed by atoms with Gasteiger partial charge in [0.1, 0.15) is 0 Å². The van der Waals surface area contributed by atoms with Gasteiger partial charge in [0.15, 0.2) is 5.13 Å². The van der Waals surface area contributed by atoms with Crippen molar-refractivity contribution in [3.8, 4) is 11.3 Å². The van der Waals surface area contributed by atoms with E-state index in [9.17, 15) is 4.79 Å². The highest BCUT2D eigenvalue weighted by atomic mass is 35.5. The van der Waals surface area contributed by atoms with E-state index in [0.717, 1.165) is 16.1 Å². The number of aromatic nitrogens is 1.